The number of phenolic OH excluding ortho intramolecular Hbond substituents is 1. The van der Waals surface area contributed by atoms with Crippen LogP contribution >= 0.6 is 0 Å². The number of phenols is 1. The Hall–Kier alpha value is -1.06. The van der Waals surface area contributed by atoms with Crippen molar-refractivity contribution in [2.45, 2.75) is 0 Å². The summed E-state index contributed by atoms with van der Waals surface area (Å²) < 4.78 is 0. The van der Waals surface area contributed by atoms with E-state index in [1.807, 2.05) is 20.2 Å². The van der Waals surface area contributed by atoms with Gasteiger partial charge in [-0.05, 0) is 26.2 Å². The summed E-state index contributed by atoms with van der Waals surface area (Å²) in [6.45, 7) is 0. The highest BCUT2D eigenvalue weighted by atomic mass is 16.3. The van der Waals surface area contributed by atoms with Crippen molar-refractivity contribution in [2.75, 3.05) is 14.1 Å². The Balaban J connectivity index is 0.000000218. The second-order valence-corrected chi connectivity index (χ2v) is 1.84. The molecule has 1 rings (SSSR count). The van der Waals surface area contributed by atoms with Crippen LogP contribution in [0.5, 0.6) is 5.75 Å². The van der Waals surface area contributed by atoms with E-state index >= 15 is 0 Å². The van der Waals surface area contributed by atoms with E-state index in [-0.39, 0.29) is 0 Å². The van der Waals surface area contributed by atoms with Gasteiger partial charge in [-0.3, -0.25) is 10.9 Å². The predicted octanol–water partition coefficient (Wildman–Crippen LogP) is 0.732. The molecule has 0 unspecified atom stereocenters. The van der Waals surface area contributed by atoms with Crippen molar-refractivity contribution >= 4 is 0 Å². The molecule has 0 spiro atoms. The lowest BCUT2D eigenvalue weighted by molar-refractivity contribution is 0.475. The lowest BCUT2D eigenvalue weighted by Gasteiger charge is -1.82. The Morgan fingerprint density at radius 1 is 1.00 bits per heavy atom. The van der Waals surface area contributed by atoms with Crippen LogP contribution in [-0.2, 0) is 0 Å². The average Bonchev–Trinajstić information content (AvgIpc) is 2.07. The molecule has 0 aliphatic heterocycles. The number of hydrazine groups is 1. The molecule has 0 amide bonds. The van der Waals surface area contributed by atoms with Gasteiger partial charge in [-0.1, -0.05) is 18.2 Å². The molecule has 3 N–H and O–H groups in total. The summed E-state index contributed by atoms with van der Waals surface area (Å²) in [6, 6.07) is 8.71. The standard InChI is InChI=1S/C6H6O.C2H8N2/c7-6-4-2-1-3-5-6;1-3-4-2/h1-5,7H;3-4H,1-2H3. The first-order valence-electron chi connectivity index (χ1n) is 3.38. The van der Waals surface area contributed by atoms with Crippen LogP contribution in [0.2, 0.25) is 0 Å². The number of para-hydroxylation sites is 1. The van der Waals surface area contributed by atoms with Crippen LogP contribution in [0.1, 0.15) is 0 Å². The third-order valence-corrected chi connectivity index (χ3v) is 1.01. The summed E-state index contributed by atoms with van der Waals surface area (Å²) in [5.74, 6) is 0.322. The normalized spacial score (nSPS) is 8.18. The van der Waals surface area contributed by atoms with E-state index in [0.29, 0.717) is 5.75 Å². The molecule has 0 saturated heterocycles. The number of rotatable bonds is 1. The Bertz CT molecular complexity index is 163. The summed E-state index contributed by atoms with van der Waals surface area (Å²) in [5, 5.41) is 8.63. The van der Waals surface area contributed by atoms with Gasteiger partial charge in [0, 0.05) is 0 Å². The molecular formula is C8H14N2O. The first-order chi connectivity index (χ1) is 5.31. The average molecular weight is 154 g/mol. The summed E-state index contributed by atoms with van der Waals surface area (Å²) >= 11 is 0. The minimum atomic E-state index is 0.322. The van der Waals surface area contributed by atoms with Gasteiger partial charge in [0.15, 0.2) is 0 Å². The Morgan fingerprint density at radius 2 is 1.45 bits per heavy atom. The Labute approximate surface area is 67.0 Å². The fraction of sp³-hybridized carbons (Fsp3) is 0.250. The van der Waals surface area contributed by atoms with Crippen molar-refractivity contribution in [2.24, 2.45) is 0 Å². The van der Waals surface area contributed by atoms with Crippen molar-refractivity contribution < 1.29 is 5.11 Å². The van der Waals surface area contributed by atoms with Gasteiger partial charge in [0.2, 0.25) is 0 Å². The molecule has 0 aliphatic carbocycles. The maximum Gasteiger partial charge on any atom is 0.115 e. The zero-order valence-corrected chi connectivity index (χ0v) is 6.83. The molecule has 3 heteroatoms. The predicted molar refractivity (Wildman–Crippen MR) is 46.2 cm³/mol. The largest absolute Gasteiger partial charge is 0.508 e. The van der Waals surface area contributed by atoms with E-state index in [1.165, 1.54) is 0 Å². The molecule has 0 heterocycles. The highest BCUT2D eigenvalue weighted by Gasteiger charge is 1.74. The highest BCUT2D eigenvalue weighted by Crippen LogP contribution is 2.02. The molecule has 0 saturated carbocycles. The Kier molecular flexibility index (Phi) is 6.37. The summed E-state index contributed by atoms with van der Waals surface area (Å²) in [5.41, 5.74) is 5.36. The first kappa shape index (κ1) is 9.94. The van der Waals surface area contributed by atoms with Gasteiger partial charge in [-0.2, -0.15) is 0 Å². The van der Waals surface area contributed by atoms with E-state index in [0.717, 1.165) is 0 Å². The molecule has 0 atom stereocenters. The van der Waals surface area contributed by atoms with Gasteiger partial charge in [-0.25, -0.2) is 0 Å². The number of nitrogens with one attached hydrogen (secondary N) is 2. The minimum absolute atomic E-state index is 0.322. The third kappa shape index (κ3) is 6.83. The van der Waals surface area contributed by atoms with Crippen LogP contribution in [0.25, 0.3) is 0 Å². The molecular weight excluding hydrogens is 140 g/mol. The zero-order valence-electron chi connectivity index (χ0n) is 6.83. The number of hydrogen-bond donors (Lipinski definition) is 3. The summed E-state index contributed by atoms with van der Waals surface area (Å²) in [7, 11) is 3.64. The van der Waals surface area contributed by atoms with Gasteiger partial charge in [0.25, 0.3) is 0 Å². The number of aromatic hydroxyl groups is 1. The van der Waals surface area contributed by atoms with Crippen molar-refractivity contribution in [3.05, 3.63) is 30.3 Å². The molecule has 0 aliphatic rings. The first-order valence-corrected chi connectivity index (χ1v) is 3.38. The van der Waals surface area contributed by atoms with Gasteiger partial charge in [-0.15, -0.1) is 0 Å². The van der Waals surface area contributed by atoms with E-state index in [1.54, 1.807) is 24.3 Å². The highest BCUT2D eigenvalue weighted by molar-refractivity contribution is 5.18. The van der Waals surface area contributed by atoms with Crippen LogP contribution in [-0.4, -0.2) is 19.2 Å². The number of hydrogen-bond acceptors (Lipinski definition) is 3. The molecule has 11 heavy (non-hydrogen) atoms. The van der Waals surface area contributed by atoms with Crippen LogP contribution in [0.4, 0.5) is 0 Å². The molecule has 0 aromatic heterocycles. The quantitative estimate of drug-likeness (QED) is 0.522. The van der Waals surface area contributed by atoms with Gasteiger partial charge >= 0.3 is 0 Å². The van der Waals surface area contributed by atoms with Crippen LogP contribution in [0.15, 0.2) is 30.3 Å². The van der Waals surface area contributed by atoms with Crippen molar-refractivity contribution in [1.82, 2.24) is 10.9 Å². The second kappa shape index (κ2) is 7.05. The van der Waals surface area contributed by atoms with Crippen LogP contribution in [0.3, 0.4) is 0 Å². The van der Waals surface area contributed by atoms with Gasteiger partial charge in [0.1, 0.15) is 5.75 Å². The fourth-order valence-electron chi connectivity index (χ4n) is 0.428. The molecule has 0 radical (unpaired) electrons. The molecule has 0 fully saturated rings. The lowest BCUT2D eigenvalue weighted by atomic mass is 10.3. The minimum Gasteiger partial charge on any atom is -0.508 e. The van der Waals surface area contributed by atoms with E-state index < -0.39 is 0 Å². The maximum absolute atomic E-state index is 8.63. The van der Waals surface area contributed by atoms with E-state index in [4.69, 9.17) is 5.11 Å². The van der Waals surface area contributed by atoms with Gasteiger partial charge in [0.05, 0.1) is 0 Å². The Morgan fingerprint density at radius 3 is 1.64 bits per heavy atom. The third-order valence-electron chi connectivity index (χ3n) is 1.01. The van der Waals surface area contributed by atoms with Crippen molar-refractivity contribution in [3.63, 3.8) is 0 Å². The van der Waals surface area contributed by atoms with Crippen molar-refractivity contribution in [1.29, 1.82) is 0 Å². The molecule has 62 valence electrons. The van der Waals surface area contributed by atoms with E-state index in [2.05, 4.69) is 10.9 Å². The summed E-state index contributed by atoms with van der Waals surface area (Å²) in [6.07, 6.45) is 0. The fourth-order valence-corrected chi connectivity index (χ4v) is 0.428. The number of benzene rings is 1. The maximum atomic E-state index is 8.63. The van der Waals surface area contributed by atoms with Crippen LogP contribution in [0, 0.1) is 0 Å². The monoisotopic (exact) mass is 154 g/mol. The SMILES string of the molecule is CNNC.Oc1ccccc1. The molecule has 3 nitrogen and oxygen atoms in total. The molecule has 1 aromatic rings. The second-order valence-electron chi connectivity index (χ2n) is 1.84. The zero-order chi connectivity index (χ0) is 8.53. The smallest absolute Gasteiger partial charge is 0.115 e. The molecule has 0 bridgehead atoms. The van der Waals surface area contributed by atoms with Gasteiger partial charge < -0.3 is 5.11 Å². The topological polar surface area (TPSA) is 44.3 Å². The van der Waals surface area contributed by atoms with Crippen molar-refractivity contribution in [3.8, 4) is 5.75 Å². The van der Waals surface area contributed by atoms with E-state index in [9.17, 15) is 0 Å². The molecule has 1 aromatic carbocycles. The lowest BCUT2D eigenvalue weighted by Crippen LogP contribution is -2.21. The van der Waals surface area contributed by atoms with Crippen LogP contribution < -0.4 is 10.9 Å². The summed E-state index contributed by atoms with van der Waals surface area (Å²) in [4.78, 5) is 0.